The molecule has 0 radical (unpaired) electrons. The van der Waals surface area contributed by atoms with E-state index in [0.717, 1.165) is 10.4 Å². The van der Waals surface area contributed by atoms with Crippen molar-refractivity contribution < 1.29 is 17.9 Å². The minimum Gasteiger partial charge on any atom is -0.392 e. The second-order valence-electron chi connectivity index (χ2n) is 4.24. The van der Waals surface area contributed by atoms with Crippen molar-refractivity contribution in [2.45, 2.75) is 24.3 Å². The number of hydrogen-bond acceptors (Lipinski definition) is 3. The molecule has 0 aromatic heterocycles. The van der Waals surface area contributed by atoms with Crippen LogP contribution in [0, 0.1) is 12.7 Å². The number of β-amino-alcohol motifs (C(OH)–C–C–N with tert-alkyl or cyclic N) is 1. The van der Waals surface area contributed by atoms with Gasteiger partial charge in [-0.2, -0.15) is 4.31 Å². The van der Waals surface area contributed by atoms with Crippen molar-refractivity contribution in [1.29, 1.82) is 0 Å². The fourth-order valence-electron chi connectivity index (χ4n) is 1.88. The summed E-state index contributed by atoms with van der Waals surface area (Å²) < 4.78 is 38.9. The lowest BCUT2D eigenvalue weighted by atomic mass is 10.2. The second-order valence-corrected chi connectivity index (χ2v) is 6.15. The number of nitrogens with zero attached hydrogens (tertiary/aromatic N) is 1. The van der Waals surface area contributed by atoms with E-state index in [9.17, 15) is 17.9 Å². The molecule has 0 bridgehead atoms. The molecule has 1 aromatic rings. The van der Waals surface area contributed by atoms with Crippen LogP contribution >= 0.6 is 0 Å². The number of aryl methyl sites for hydroxylation is 1. The van der Waals surface area contributed by atoms with Gasteiger partial charge in [-0.05, 0) is 31.0 Å². The number of benzene rings is 1. The molecule has 0 saturated carbocycles. The molecule has 1 atom stereocenters. The predicted octanol–water partition coefficient (Wildman–Crippen LogP) is 0.889. The average molecular weight is 259 g/mol. The molecule has 1 aliphatic rings. The second kappa shape index (κ2) is 4.36. The monoisotopic (exact) mass is 259 g/mol. The minimum absolute atomic E-state index is 0.0374. The Labute approximate surface area is 99.7 Å². The van der Waals surface area contributed by atoms with E-state index in [0.29, 0.717) is 12.0 Å². The summed E-state index contributed by atoms with van der Waals surface area (Å²) in [7, 11) is -3.83. The van der Waals surface area contributed by atoms with Crippen LogP contribution in [0.2, 0.25) is 0 Å². The summed E-state index contributed by atoms with van der Waals surface area (Å²) in [5.41, 5.74) is 0.685. The van der Waals surface area contributed by atoms with Crippen LogP contribution in [-0.2, 0) is 10.0 Å². The predicted molar refractivity (Wildman–Crippen MR) is 60.5 cm³/mol. The minimum atomic E-state index is -3.83. The first kappa shape index (κ1) is 12.5. The van der Waals surface area contributed by atoms with Gasteiger partial charge in [-0.1, -0.05) is 6.07 Å². The first-order chi connectivity index (χ1) is 7.91. The van der Waals surface area contributed by atoms with E-state index < -0.39 is 21.9 Å². The summed E-state index contributed by atoms with van der Waals surface area (Å²) in [6.45, 7) is 1.98. The maximum Gasteiger partial charge on any atom is 0.246 e. The van der Waals surface area contributed by atoms with E-state index in [1.807, 2.05) is 0 Å². The van der Waals surface area contributed by atoms with Gasteiger partial charge >= 0.3 is 0 Å². The summed E-state index contributed by atoms with van der Waals surface area (Å²) in [5, 5.41) is 9.33. The molecule has 2 rings (SSSR count). The molecule has 1 aliphatic heterocycles. The van der Waals surface area contributed by atoms with E-state index in [4.69, 9.17) is 0 Å². The molecule has 6 heteroatoms. The van der Waals surface area contributed by atoms with Crippen LogP contribution in [0.25, 0.3) is 0 Å². The fourth-order valence-corrected chi connectivity index (χ4v) is 3.52. The van der Waals surface area contributed by atoms with Gasteiger partial charge < -0.3 is 5.11 Å². The summed E-state index contributed by atoms with van der Waals surface area (Å²) in [6.07, 6.45) is -0.259. The molecule has 1 N–H and O–H groups in total. The number of halogens is 1. The van der Waals surface area contributed by atoms with Crippen molar-refractivity contribution >= 4 is 10.0 Å². The highest BCUT2D eigenvalue weighted by Gasteiger charge is 2.33. The molecule has 4 nitrogen and oxygen atoms in total. The maximum atomic E-state index is 13.5. The van der Waals surface area contributed by atoms with Crippen molar-refractivity contribution in [3.63, 3.8) is 0 Å². The van der Waals surface area contributed by atoms with E-state index in [2.05, 4.69) is 0 Å². The molecule has 1 aromatic carbocycles. The molecule has 0 spiro atoms. The van der Waals surface area contributed by atoms with E-state index >= 15 is 0 Å². The molecule has 17 heavy (non-hydrogen) atoms. The molecule has 1 heterocycles. The van der Waals surface area contributed by atoms with Crippen LogP contribution in [0.5, 0.6) is 0 Å². The van der Waals surface area contributed by atoms with Gasteiger partial charge in [0.25, 0.3) is 0 Å². The van der Waals surface area contributed by atoms with Crippen LogP contribution < -0.4 is 0 Å². The molecule has 1 fully saturated rings. The molecular formula is C11H14FNO3S. The smallest absolute Gasteiger partial charge is 0.246 e. The lowest BCUT2D eigenvalue weighted by molar-refractivity contribution is 0.189. The summed E-state index contributed by atoms with van der Waals surface area (Å²) >= 11 is 0. The Balaban J connectivity index is 2.41. The average Bonchev–Trinajstić information content (AvgIpc) is 2.69. The largest absolute Gasteiger partial charge is 0.392 e. The van der Waals surface area contributed by atoms with Crippen LogP contribution in [0.15, 0.2) is 23.1 Å². The highest BCUT2D eigenvalue weighted by atomic mass is 32.2. The Morgan fingerprint density at radius 2 is 2.18 bits per heavy atom. The Bertz CT molecular complexity index is 530. The zero-order chi connectivity index (χ0) is 12.6. The first-order valence-corrected chi connectivity index (χ1v) is 6.79. The van der Waals surface area contributed by atoms with Gasteiger partial charge in [0, 0.05) is 13.1 Å². The van der Waals surface area contributed by atoms with Gasteiger partial charge in [0.15, 0.2) is 0 Å². The lowest BCUT2D eigenvalue weighted by Gasteiger charge is -2.16. The third-order valence-electron chi connectivity index (χ3n) is 2.83. The van der Waals surface area contributed by atoms with Crippen LogP contribution in [0.1, 0.15) is 12.0 Å². The Morgan fingerprint density at radius 3 is 2.76 bits per heavy atom. The van der Waals surface area contributed by atoms with Crippen LogP contribution in [0.4, 0.5) is 4.39 Å². The number of rotatable bonds is 2. The highest BCUT2D eigenvalue weighted by molar-refractivity contribution is 7.89. The van der Waals surface area contributed by atoms with E-state index in [1.165, 1.54) is 12.1 Å². The zero-order valence-corrected chi connectivity index (χ0v) is 10.2. The van der Waals surface area contributed by atoms with Crippen LogP contribution in [-0.4, -0.2) is 37.0 Å². The van der Waals surface area contributed by atoms with Gasteiger partial charge in [0.2, 0.25) is 10.0 Å². The third-order valence-corrected chi connectivity index (χ3v) is 4.71. The molecule has 0 unspecified atom stereocenters. The number of sulfonamides is 1. The van der Waals surface area contributed by atoms with Crippen LogP contribution in [0.3, 0.4) is 0 Å². The standard InChI is InChI=1S/C11H14FNO3S/c1-8-2-3-10(12)11(6-8)17(15,16)13-5-4-9(14)7-13/h2-3,6,9,14H,4-5,7H2,1H3/t9-/m0/s1. The summed E-state index contributed by atoms with van der Waals surface area (Å²) in [6, 6.07) is 3.98. The van der Waals surface area contributed by atoms with Crippen molar-refractivity contribution in [1.82, 2.24) is 4.31 Å². The molecular weight excluding hydrogens is 245 g/mol. The quantitative estimate of drug-likeness (QED) is 0.858. The van der Waals surface area contributed by atoms with Gasteiger partial charge in [-0.15, -0.1) is 0 Å². The lowest BCUT2D eigenvalue weighted by Crippen LogP contribution is -2.30. The molecule has 0 amide bonds. The van der Waals surface area contributed by atoms with Gasteiger partial charge in [-0.25, -0.2) is 12.8 Å². The summed E-state index contributed by atoms with van der Waals surface area (Å²) in [5.74, 6) is -0.753. The van der Waals surface area contributed by atoms with Gasteiger partial charge in [0.05, 0.1) is 6.10 Å². The zero-order valence-electron chi connectivity index (χ0n) is 9.43. The topological polar surface area (TPSA) is 57.6 Å². The normalized spacial score (nSPS) is 21.9. The van der Waals surface area contributed by atoms with Crippen molar-refractivity contribution in [2.24, 2.45) is 0 Å². The maximum absolute atomic E-state index is 13.5. The third kappa shape index (κ3) is 2.34. The number of aliphatic hydroxyl groups is 1. The molecule has 94 valence electrons. The van der Waals surface area contributed by atoms with Crippen molar-refractivity contribution in [3.8, 4) is 0 Å². The molecule has 0 aliphatic carbocycles. The Kier molecular flexibility index (Phi) is 3.20. The number of aliphatic hydroxyl groups excluding tert-OH is 1. The first-order valence-electron chi connectivity index (χ1n) is 5.35. The van der Waals surface area contributed by atoms with E-state index in [-0.39, 0.29) is 18.0 Å². The fraction of sp³-hybridized carbons (Fsp3) is 0.455. The van der Waals surface area contributed by atoms with E-state index in [1.54, 1.807) is 6.92 Å². The SMILES string of the molecule is Cc1ccc(F)c(S(=O)(=O)N2CC[C@H](O)C2)c1. The highest BCUT2D eigenvalue weighted by Crippen LogP contribution is 2.24. The number of hydrogen-bond donors (Lipinski definition) is 1. The van der Waals surface area contributed by atoms with Crippen molar-refractivity contribution in [2.75, 3.05) is 13.1 Å². The molecule has 1 saturated heterocycles. The van der Waals surface area contributed by atoms with Gasteiger partial charge in [0.1, 0.15) is 10.7 Å². The van der Waals surface area contributed by atoms with Gasteiger partial charge in [-0.3, -0.25) is 0 Å². The summed E-state index contributed by atoms with van der Waals surface area (Å²) in [4.78, 5) is -0.313. The van der Waals surface area contributed by atoms with Crippen molar-refractivity contribution in [3.05, 3.63) is 29.6 Å². The Hall–Kier alpha value is -0.980. The Morgan fingerprint density at radius 1 is 1.47 bits per heavy atom.